The van der Waals surface area contributed by atoms with Crippen LogP contribution in [0.3, 0.4) is 0 Å². The molecule has 0 fully saturated rings. The van der Waals surface area contributed by atoms with E-state index in [0.717, 1.165) is 12.2 Å². The molecule has 0 aromatic heterocycles. The minimum atomic E-state index is 0.139. The van der Waals surface area contributed by atoms with Gasteiger partial charge in [-0.1, -0.05) is 12.1 Å². The van der Waals surface area contributed by atoms with Crippen molar-refractivity contribution >= 4 is 5.91 Å². The van der Waals surface area contributed by atoms with E-state index in [1.54, 1.807) is 31.1 Å². The molecule has 1 amide bonds. The van der Waals surface area contributed by atoms with E-state index in [1.165, 1.54) is 0 Å². The fourth-order valence-corrected chi connectivity index (χ4v) is 1.10. The van der Waals surface area contributed by atoms with E-state index in [1.807, 2.05) is 12.1 Å². The van der Waals surface area contributed by atoms with Gasteiger partial charge in [0.1, 0.15) is 5.75 Å². The van der Waals surface area contributed by atoms with Gasteiger partial charge in [0.05, 0.1) is 6.61 Å². The molecule has 81 valence electrons. The third-order valence-corrected chi connectivity index (χ3v) is 1.99. The maximum absolute atomic E-state index is 11.2. The first-order valence-electron chi connectivity index (χ1n) is 4.99. The predicted molar refractivity (Wildman–Crippen MR) is 58.7 cm³/mol. The first-order chi connectivity index (χ1) is 7.20. The predicted octanol–water partition coefficient (Wildman–Crippen LogP) is 1.73. The minimum absolute atomic E-state index is 0.139. The van der Waals surface area contributed by atoms with Crippen LogP contribution in [0.4, 0.5) is 0 Å². The van der Waals surface area contributed by atoms with Crippen molar-refractivity contribution in [1.29, 1.82) is 0 Å². The van der Waals surface area contributed by atoms with Gasteiger partial charge in [-0.05, 0) is 24.6 Å². The van der Waals surface area contributed by atoms with Crippen LogP contribution in [-0.2, 0) is 4.79 Å². The molecule has 0 aliphatic carbocycles. The summed E-state index contributed by atoms with van der Waals surface area (Å²) in [6, 6.07) is 10.2. The molecule has 0 N–H and O–H groups in total. The zero-order chi connectivity index (χ0) is 11.1. The van der Waals surface area contributed by atoms with Gasteiger partial charge in [-0.3, -0.25) is 4.79 Å². The quantitative estimate of drug-likeness (QED) is 0.687. The van der Waals surface area contributed by atoms with Gasteiger partial charge in [-0.15, -0.1) is 0 Å². The van der Waals surface area contributed by atoms with E-state index < -0.39 is 0 Å². The summed E-state index contributed by atoms with van der Waals surface area (Å²) in [4.78, 5) is 12.8. The number of amides is 1. The molecule has 1 aromatic carbocycles. The molecule has 1 aromatic rings. The fraction of sp³-hybridized carbons (Fsp3) is 0.417. The summed E-state index contributed by atoms with van der Waals surface area (Å²) >= 11 is 0. The molecular weight excluding hydrogens is 190 g/mol. The van der Waals surface area contributed by atoms with Gasteiger partial charge < -0.3 is 9.64 Å². The van der Waals surface area contributed by atoms with Crippen molar-refractivity contribution in [3.05, 3.63) is 30.3 Å². The molecular formula is C12H16NO2. The van der Waals surface area contributed by atoms with Crippen LogP contribution in [0.2, 0.25) is 0 Å². The fourth-order valence-electron chi connectivity index (χ4n) is 1.10. The van der Waals surface area contributed by atoms with Gasteiger partial charge in [0.25, 0.3) is 0 Å². The van der Waals surface area contributed by atoms with Crippen LogP contribution in [0.1, 0.15) is 12.8 Å². The molecule has 0 spiro atoms. The van der Waals surface area contributed by atoms with E-state index in [-0.39, 0.29) is 5.91 Å². The van der Waals surface area contributed by atoms with E-state index in [4.69, 9.17) is 4.74 Å². The molecule has 0 atom stereocenters. The second kappa shape index (κ2) is 6.06. The van der Waals surface area contributed by atoms with Crippen molar-refractivity contribution in [1.82, 2.24) is 4.90 Å². The highest BCUT2D eigenvalue weighted by molar-refractivity contribution is 5.75. The van der Waals surface area contributed by atoms with E-state index in [9.17, 15) is 4.79 Å². The van der Waals surface area contributed by atoms with Gasteiger partial charge in [0.15, 0.2) is 0 Å². The van der Waals surface area contributed by atoms with Crippen molar-refractivity contribution in [3.8, 4) is 5.75 Å². The first-order valence-corrected chi connectivity index (χ1v) is 4.99. The Balaban J connectivity index is 2.15. The molecule has 0 bridgehead atoms. The molecule has 0 saturated carbocycles. The molecule has 0 aliphatic heterocycles. The second-order valence-electron chi connectivity index (χ2n) is 3.48. The Labute approximate surface area is 90.7 Å². The summed E-state index contributed by atoms with van der Waals surface area (Å²) in [7, 11) is 3.52. The monoisotopic (exact) mass is 206 g/mol. The van der Waals surface area contributed by atoms with Crippen molar-refractivity contribution in [2.75, 3.05) is 20.7 Å². The number of carbonyl (C=O) groups excluding carboxylic acids is 1. The lowest BCUT2D eigenvalue weighted by Gasteiger charge is -2.10. The zero-order valence-corrected chi connectivity index (χ0v) is 9.19. The molecule has 3 heteroatoms. The lowest BCUT2D eigenvalue weighted by Crippen LogP contribution is -2.21. The van der Waals surface area contributed by atoms with Crippen LogP contribution in [0.15, 0.2) is 24.3 Å². The van der Waals surface area contributed by atoms with E-state index in [2.05, 4.69) is 6.07 Å². The average molecular weight is 206 g/mol. The summed E-state index contributed by atoms with van der Waals surface area (Å²) in [6.07, 6.45) is 1.28. The van der Waals surface area contributed by atoms with Gasteiger partial charge in [0, 0.05) is 20.5 Å². The Kier molecular flexibility index (Phi) is 4.68. The van der Waals surface area contributed by atoms with E-state index in [0.29, 0.717) is 13.0 Å². The number of hydrogen-bond acceptors (Lipinski definition) is 2. The highest BCUT2D eigenvalue weighted by Gasteiger charge is 2.02. The molecule has 0 saturated heterocycles. The Morgan fingerprint density at radius 1 is 1.40 bits per heavy atom. The summed E-state index contributed by atoms with van der Waals surface area (Å²) in [5.74, 6) is 0.964. The number of nitrogens with zero attached hydrogens (tertiary/aromatic N) is 1. The Bertz CT molecular complexity index is 296. The maximum Gasteiger partial charge on any atom is 0.222 e. The normalized spacial score (nSPS) is 9.73. The van der Waals surface area contributed by atoms with Crippen LogP contribution in [0, 0.1) is 6.07 Å². The third kappa shape index (κ3) is 4.49. The standard InChI is InChI=1S/C12H16NO2/c1-13(2)12(14)9-6-10-15-11-7-4-3-5-8-11/h4-5,7-8H,6,9-10H2,1-2H3. The van der Waals surface area contributed by atoms with Crippen LogP contribution in [0.5, 0.6) is 5.75 Å². The van der Waals surface area contributed by atoms with Crippen LogP contribution >= 0.6 is 0 Å². The molecule has 3 nitrogen and oxygen atoms in total. The van der Waals surface area contributed by atoms with Crippen LogP contribution < -0.4 is 4.74 Å². The number of carbonyl (C=O) groups is 1. The average Bonchev–Trinajstić information content (AvgIpc) is 2.25. The molecule has 1 radical (unpaired) electrons. The van der Waals surface area contributed by atoms with Crippen molar-refractivity contribution < 1.29 is 9.53 Å². The molecule has 0 unspecified atom stereocenters. The number of hydrogen-bond donors (Lipinski definition) is 0. The summed E-state index contributed by atoms with van der Waals surface area (Å²) in [5, 5.41) is 0. The van der Waals surface area contributed by atoms with Gasteiger partial charge in [-0.2, -0.15) is 0 Å². The highest BCUT2D eigenvalue weighted by atomic mass is 16.5. The Morgan fingerprint density at radius 2 is 2.07 bits per heavy atom. The minimum Gasteiger partial charge on any atom is -0.494 e. The Morgan fingerprint density at radius 3 is 2.67 bits per heavy atom. The lowest BCUT2D eigenvalue weighted by atomic mass is 10.3. The van der Waals surface area contributed by atoms with Crippen LogP contribution in [-0.4, -0.2) is 31.5 Å². The summed E-state index contributed by atoms with van der Waals surface area (Å²) in [6.45, 7) is 0.573. The second-order valence-corrected chi connectivity index (χ2v) is 3.48. The number of rotatable bonds is 5. The lowest BCUT2D eigenvalue weighted by molar-refractivity contribution is -0.128. The molecule has 0 heterocycles. The molecule has 15 heavy (non-hydrogen) atoms. The van der Waals surface area contributed by atoms with Crippen LogP contribution in [0.25, 0.3) is 0 Å². The summed E-state index contributed by atoms with van der Waals surface area (Å²) < 4.78 is 5.45. The molecule has 0 aliphatic rings. The molecule has 1 rings (SSSR count). The van der Waals surface area contributed by atoms with Gasteiger partial charge in [-0.25, -0.2) is 0 Å². The summed E-state index contributed by atoms with van der Waals surface area (Å²) in [5.41, 5.74) is 0. The van der Waals surface area contributed by atoms with Gasteiger partial charge in [0.2, 0.25) is 5.91 Å². The maximum atomic E-state index is 11.2. The number of benzene rings is 1. The van der Waals surface area contributed by atoms with E-state index >= 15 is 0 Å². The zero-order valence-electron chi connectivity index (χ0n) is 9.19. The van der Waals surface area contributed by atoms with Gasteiger partial charge >= 0.3 is 0 Å². The largest absolute Gasteiger partial charge is 0.494 e. The third-order valence-electron chi connectivity index (χ3n) is 1.99. The topological polar surface area (TPSA) is 29.5 Å². The SMILES string of the molecule is CN(C)C(=O)CCCOc1cc[c]cc1. The smallest absolute Gasteiger partial charge is 0.222 e. The van der Waals surface area contributed by atoms with Crippen molar-refractivity contribution in [3.63, 3.8) is 0 Å². The van der Waals surface area contributed by atoms with Crippen molar-refractivity contribution in [2.45, 2.75) is 12.8 Å². The van der Waals surface area contributed by atoms with Crippen molar-refractivity contribution in [2.24, 2.45) is 0 Å². The number of ether oxygens (including phenoxy) is 1. The highest BCUT2D eigenvalue weighted by Crippen LogP contribution is 2.08. The Hall–Kier alpha value is -1.51. The first kappa shape index (κ1) is 11.6.